The Morgan fingerprint density at radius 3 is 1.74 bits per heavy atom. The molecule has 17 heteroatoms. The molecule has 0 aromatic heterocycles. The lowest BCUT2D eigenvalue weighted by atomic mass is 10.2. The van der Waals surface area contributed by atoms with Crippen LogP contribution < -0.4 is 0 Å². The van der Waals surface area contributed by atoms with E-state index in [1.807, 2.05) is 0 Å². The highest BCUT2D eigenvalue weighted by Crippen LogP contribution is 2.38. The molecule has 0 heterocycles. The maximum absolute atomic E-state index is 13.0. The maximum atomic E-state index is 13.0. The fraction of sp³-hybridized carbons (Fsp3) is 0.600. The summed E-state index contributed by atoms with van der Waals surface area (Å²) >= 11 is 0. The van der Waals surface area contributed by atoms with Crippen LogP contribution in [0.4, 0.5) is 35.1 Å². The fourth-order valence-electron chi connectivity index (χ4n) is 1.15. The van der Waals surface area contributed by atoms with Gasteiger partial charge in [-0.1, -0.05) is 6.58 Å². The quantitative estimate of drug-likeness (QED) is 0.193. The van der Waals surface area contributed by atoms with Gasteiger partial charge in [-0.05, 0) is 0 Å². The van der Waals surface area contributed by atoms with Crippen LogP contribution in [0.3, 0.4) is 0 Å². The van der Waals surface area contributed by atoms with E-state index >= 15 is 0 Å². The molecule has 0 saturated heterocycles. The number of hydrogen-bond acceptors (Lipinski definition) is 6. The molecule has 0 aromatic rings. The van der Waals surface area contributed by atoms with Crippen molar-refractivity contribution in [2.75, 3.05) is 6.61 Å². The van der Waals surface area contributed by atoms with Crippen molar-refractivity contribution < 1.29 is 72.3 Å². The summed E-state index contributed by atoms with van der Waals surface area (Å²) in [5, 5.41) is 3.49. The third-order valence-electron chi connectivity index (χ3n) is 2.56. The first-order valence-corrected chi connectivity index (χ1v) is 7.41. The van der Waals surface area contributed by atoms with Crippen molar-refractivity contribution in [3.63, 3.8) is 0 Å². The molecule has 0 saturated carbocycles. The molecule has 27 heavy (non-hydrogen) atoms. The number of esters is 1. The Morgan fingerprint density at radius 1 is 1.00 bits per heavy atom. The van der Waals surface area contributed by atoms with Crippen LogP contribution in [0.1, 0.15) is 6.42 Å². The van der Waals surface area contributed by atoms with E-state index in [1.54, 1.807) is 0 Å². The third-order valence-corrected chi connectivity index (χ3v) is 3.51. The smallest absolute Gasteiger partial charge is 0.468 e. The molecule has 2 N–H and O–H groups in total. The second-order valence-corrected chi connectivity index (χ2v) is 6.04. The van der Waals surface area contributed by atoms with Crippen LogP contribution in [0.15, 0.2) is 12.2 Å². The number of carboxylic acid groups (broad SMARTS) is 1. The van der Waals surface area contributed by atoms with Crippen molar-refractivity contribution in [2.24, 2.45) is 0 Å². The number of halogens is 8. The molecule has 1 unspecified atom stereocenters. The van der Waals surface area contributed by atoms with Gasteiger partial charge >= 0.3 is 45.5 Å². The minimum Gasteiger partial charge on any atom is -0.476 e. The minimum absolute atomic E-state index is 2.06. The van der Waals surface area contributed by atoms with Crippen LogP contribution in [-0.2, 0) is 29.2 Å². The Morgan fingerprint density at radius 2 is 1.44 bits per heavy atom. The molecule has 0 spiro atoms. The van der Waals surface area contributed by atoms with Gasteiger partial charge in [0.25, 0.3) is 0 Å². The summed E-state index contributed by atoms with van der Waals surface area (Å²) in [6, 6.07) is 0. The van der Waals surface area contributed by atoms with Crippen molar-refractivity contribution in [2.45, 2.75) is 29.8 Å². The number of carboxylic acids is 1. The molecular weight excluding hydrogens is 432 g/mol. The van der Waals surface area contributed by atoms with Crippen molar-refractivity contribution >= 4 is 22.1 Å². The number of hydrogen-bond donors (Lipinski definition) is 2. The number of rotatable bonds is 8. The van der Waals surface area contributed by atoms with Gasteiger partial charge in [0.1, 0.15) is 5.57 Å². The van der Waals surface area contributed by atoms with Gasteiger partial charge in [0, 0.05) is 0 Å². The Bertz CT molecular complexity index is 710. The maximum Gasteiger partial charge on any atom is 0.468 e. The van der Waals surface area contributed by atoms with Crippen LogP contribution in [0.25, 0.3) is 0 Å². The van der Waals surface area contributed by atoms with E-state index < -0.39 is 64.1 Å². The zero-order chi connectivity index (χ0) is 22.1. The van der Waals surface area contributed by atoms with Crippen molar-refractivity contribution in [3.8, 4) is 0 Å². The topological polar surface area (TPSA) is 127 Å². The molecule has 0 aliphatic rings. The summed E-state index contributed by atoms with van der Waals surface area (Å²) in [4.78, 5) is 21.9. The van der Waals surface area contributed by atoms with E-state index in [1.165, 1.54) is 0 Å². The van der Waals surface area contributed by atoms with Crippen LogP contribution in [0.5, 0.6) is 0 Å². The van der Waals surface area contributed by atoms with E-state index in [0.29, 0.717) is 0 Å². The normalized spacial score (nSPS) is 15.7. The number of carbonyl (C=O) groups is 2. The number of aliphatic carboxylic acids is 1. The van der Waals surface area contributed by atoms with Crippen molar-refractivity contribution in [3.05, 3.63) is 12.2 Å². The van der Waals surface area contributed by atoms with Gasteiger partial charge < -0.3 is 14.6 Å². The Labute approximate surface area is 144 Å². The second-order valence-electron chi connectivity index (χ2n) is 4.50. The fourth-order valence-corrected chi connectivity index (χ4v) is 1.49. The van der Waals surface area contributed by atoms with E-state index in [-0.39, 0.29) is 0 Å². The zero-order valence-corrected chi connectivity index (χ0v) is 13.2. The molecule has 0 aliphatic heterocycles. The van der Waals surface area contributed by atoms with Gasteiger partial charge in [-0.25, -0.2) is 9.59 Å². The molecule has 0 aliphatic carbocycles. The van der Waals surface area contributed by atoms with Crippen LogP contribution in [0.2, 0.25) is 0 Å². The average Bonchev–Trinajstić information content (AvgIpc) is 2.41. The average molecular weight is 440 g/mol. The predicted octanol–water partition coefficient (Wildman–Crippen LogP) is 1.88. The second kappa shape index (κ2) is 7.55. The lowest BCUT2D eigenvalue weighted by Crippen LogP contribution is -2.58. The molecule has 0 radical (unpaired) electrons. The summed E-state index contributed by atoms with van der Waals surface area (Å²) in [5.74, 6) is -11.4. The summed E-state index contributed by atoms with van der Waals surface area (Å²) < 4.78 is 137. The summed E-state index contributed by atoms with van der Waals surface area (Å²) in [6.07, 6.45) is -14.2. The SMILES string of the molecule is C=C(C(=O)OC(OCCC(F)(F)S(=O)(=O)O)(C(=O)O)C(F)(F)F)C(F)(F)F. The van der Waals surface area contributed by atoms with Gasteiger partial charge in [0.15, 0.2) is 0 Å². The molecule has 1 atom stereocenters. The van der Waals surface area contributed by atoms with Crippen LogP contribution >= 0.6 is 0 Å². The Hall–Kier alpha value is -2.01. The number of alkyl halides is 8. The Balaban J connectivity index is 5.76. The first kappa shape index (κ1) is 25.0. The van der Waals surface area contributed by atoms with Crippen LogP contribution in [-0.4, -0.2) is 60.0 Å². The predicted molar refractivity (Wildman–Crippen MR) is 64.8 cm³/mol. The number of ether oxygens (including phenoxy) is 2. The molecular formula is C10H8F8O8S. The molecule has 0 aromatic carbocycles. The summed E-state index contributed by atoms with van der Waals surface area (Å²) in [7, 11) is -6.14. The molecule has 0 bridgehead atoms. The number of carbonyl (C=O) groups excluding carboxylic acids is 1. The highest BCUT2D eigenvalue weighted by Gasteiger charge is 2.68. The highest BCUT2D eigenvalue weighted by atomic mass is 32.2. The first-order valence-electron chi connectivity index (χ1n) is 5.97. The van der Waals surface area contributed by atoms with Gasteiger partial charge in [0.05, 0.1) is 13.0 Å². The van der Waals surface area contributed by atoms with E-state index in [2.05, 4.69) is 16.1 Å². The molecule has 0 fully saturated rings. The molecule has 8 nitrogen and oxygen atoms in total. The van der Waals surface area contributed by atoms with Gasteiger partial charge in [-0.2, -0.15) is 43.5 Å². The van der Waals surface area contributed by atoms with Gasteiger partial charge in [-0.3, -0.25) is 4.55 Å². The largest absolute Gasteiger partial charge is 0.476 e. The Kier molecular flexibility index (Phi) is 6.98. The standard InChI is InChI=1S/C10H8F8O8S/c1-4(9(13,14)15)5(19)26-8(6(20)21,10(16,17)18)25-3-2-7(11,12)27(22,23)24/h1-3H2,(H,20,21)(H,22,23,24). The molecule has 158 valence electrons. The first-order chi connectivity index (χ1) is 11.7. The summed E-state index contributed by atoms with van der Waals surface area (Å²) in [6.45, 7) is -0.0790. The van der Waals surface area contributed by atoms with Gasteiger partial charge in [-0.15, -0.1) is 0 Å². The molecule has 0 rings (SSSR count). The minimum atomic E-state index is -6.30. The van der Waals surface area contributed by atoms with E-state index in [0.717, 1.165) is 0 Å². The van der Waals surface area contributed by atoms with Crippen molar-refractivity contribution in [1.29, 1.82) is 0 Å². The lowest BCUT2D eigenvalue weighted by Gasteiger charge is -2.31. The van der Waals surface area contributed by atoms with E-state index in [9.17, 15) is 53.1 Å². The third kappa shape index (κ3) is 5.73. The van der Waals surface area contributed by atoms with E-state index in [4.69, 9.17) is 9.66 Å². The highest BCUT2D eigenvalue weighted by molar-refractivity contribution is 7.86. The zero-order valence-electron chi connectivity index (χ0n) is 12.4. The monoisotopic (exact) mass is 440 g/mol. The summed E-state index contributed by atoms with van der Waals surface area (Å²) in [5.41, 5.74) is -2.58. The van der Waals surface area contributed by atoms with Gasteiger partial charge in [0.2, 0.25) is 0 Å². The molecule has 0 amide bonds. The van der Waals surface area contributed by atoms with Crippen LogP contribution in [0, 0.1) is 0 Å². The van der Waals surface area contributed by atoms with Crippen molar-refractivity contribution in [1.82, 2.24) is 0 Å². The lowest BCUT2D eigenvalue weighted by molar-refractivity contribution is -0.354.